The SMILES string of the molecule is CN1CCN(c2ccc(Nc3c(-c4ccc(F)cc4)nc4n3CCN(C(=O)CN)C4(C)C)cc2)CC1. The number of carbonyl (C=O) groups is 1. The van der Waals surface area contributed by atoms with Crippen LogP contribution in [-0.2, 0) is 16.9 Å². The van der Waals surface area contributed by atoms with E-state index in [0.717, 1.165) is 54.8 Å². The van der Waals surface area contributed by atoms with Gasteiger partial charge in [0.15, 0.2) is 0 Å². The molecule has 1 aromatic heterocycles. The number of rotatable bonds is 5. The first kappa shape index (κ1) is 24.3. The van der Waals surface area contributed by atoms with Gasteiger partial charge in [-0.15, -0.1) is 0 Å². The van der Waals surface area contributed by atoms with Crippen LogP contribution in [0.1, 0.15) is 19.7 Å². The van der Waals surface area contributed by atoms with E-state index < -0.39 is 5.54 Å². The number of nitrogens with two attached hydrogens (primary N) is 1. The first-order valence-corrected chi connectivity index (χ1v) is 12.5. The number of anilines is 3. The van der Waals surface area contributed by atoms with Crippen molar-refractivity contribution in [2.24, 2.45) is 5.73 Å². The first-order valence-electron chi connectivity index (χ1n) is 12.5. The van der Waals surface area contributed by atoms with Gasteiger partial charge in [0.05, 0.1) is 12.1 Å². The minimum Gasteiger partial charge on any atom is -0.369 e. The van der Waals surface area contributed by atoms with Gasteiger partial charge in [-0.2, -0.15) is 0 Å². The predicted octanol–water partition coefficient (Wildman–Crippen LogP) is 3.22. The van der Waals surface area contributed by atoms with Gasteiger partial charge in [0.1, 0.15) is 23.2 Å². The summed E-state index contributed by atoms with van der Waals surface area (Å²) in [4.78, 5) is 24.1. The standard InChI is InChI=1S/C27H34FN7O/c1-27(2)26-31-24(19-4-6-20(28)7-5-19)25(34(26)16-17-35(27)23(36)18-29)30-21-8-10-22(11-9-21)33-14-12-32(3)13-15-33/h4-11,30H,12-18,29H2,1-3H3. The zero-order chi connectivity index (χ0) is 25.4. The fraction of sp³-hybridized carbons (Fsp3) is 0.407. The van der Waals surface area contributed by atoms with Gasteiger partial charge in [0.25, 0.3) is 0 Å². The summed E-state index contributed by atoms with van der Waals surface area (Å²) >= 11 is 0. The van der Waals surface area contributed by atoms with Crippen molar-refractivity contribution in [1.82, 2.24) is 19.4 Å². The molecule has 3 aromatic rings. The normalized spacial score (nSPS) is 17.7. The Morgan fingerprint density at radius 2 is 1.67 bits per heavy atom. The van der Waals surface area contributed by atoms with E-state index >= 15 is 0 Å². The Balaban J connectivity index is 1.50. The molecule has 0 bridgehead atoms. The van der Waals surface area contributed by atoms with Crippen molar-refractivity contribution in [2.45, 2.75) is 25.9 Å². The third-order valence-corrected chi connectivity index (χ3v) is 7.33. The summed E-state index contributed by atoms with van der Waals surface area (Å²) in [6.07, 6.45) is 0. The lowest BCUT2D eigenvalue weighted by molar-refractivity contribution is -0.137. The number of aromatic nitrogens is 2. The first-order chi connectivity index (χ1) is 17.3. The van der Waals surface area contributed by atoms with Crippen LogP contribution in [0.4, 0.5) is 21.6 Å². The number of nitrogens with zero attached hydrogens (tertiary/aromatic N) is 5. The Hall–Kier alpha value is -3.43. The zero-order valence-electron chi connectivity index (χ0n) is 21.2. The van der Waals surface area contributed by atoms with Gasteiger partial charge in [-0.05, 0) is 69.4 Å². The number of benzene rings is 2. The third kappa shape index (κ3) is 4.44. The molecule has 190 valence electrons. The molecule has 9 heteroatoms. The van der Waals surface area contributed by atoms with Crippen LogP contribution in [0.5, 0.6) is 0 Å². The molecule has 2 aliphatic rings. The minimum atomic E-state index is -0.644. The molecule has 0 aliphatic carbocycles. The lowest BCUT2D eigenvalue weighted by Gasteiger charge is -2.42. The molecule has 3 N–H and O–H groups in total. The van der Waals surface area contributed by atoms with Crippen LogP contribution in [0.3, 0.4) is 0 Å². The average molecular weight is 492 g/mol. The molecule has 0 spiro atoms. The van der Waals surface area contributed by atoms with Crippen molar-refractivity contribution in [1.29, 1.82) is 0 Å². The Kier molecular flexibility index (Phi) is 6.44. The summed E-state index contributed by atoms with van der Waals surface area (Å²) in [6, 6.07) is 14.8. The van der Waals surface area contributed by atoms with Crippen molar-refractivity contribution in [3.05, 3.63) is 60.2 Å². The molecular formula is C27H34FN7O. The molecule has 1 saturated heterocycles. The molecule has 36 heavy (non-hydrogen) atoms. The molecule has 5 rings (SSSR count). The van der Waals surface area contributed by atoms with Gasteiger partial charge in [0.2, 0.25) is 5.91 Å². The number of piperazine rings is 1. The second-order valence-corrected chi connectivity index (χ2v) is 10.1. The summed E-state index contributed by atoms with van der Waals surface area (Å²) in [7, 11) is 2.15. The van der Waals surface area contributed by atoms with Gasteiger partial charge in [0, 0.05) is 56.2 Å². The number of halogens is 1. The summed E-state index contributed by atoms with van der Waals surface area (Å²) < 4.78 is 15.8. The maximum absolute atomic E-state index is 13.7. The predicted molar refractivity (Wildman–Crippen MR) is 141 cm³/mol. The van der Waals surface area contributed by atoms with Gasteiger partial charge >= 0.3 is 0 Å². The van der Waals surface area contributed by atoms with Crippen molar-refractivity contribution in [3.8, 4) is 11.3 Å². The molecular weight excluding hydrogens is 457 g/mol. The Morgan fingerprint density at radius 1 is 1.00 bits per heavy atom. The highest BCUT2D eigenvalue weighted by molar-refractivity contribution is 5.80. The number of likely N-dealkylation sites (N-methyl/N-ethyl adjacent to an activating group) is 1. The van der Waals surface area contributed by atoms with E-state index in [9.17, 15) is 9.18 Å². The highest BCUT2D eigenvalue weighted by Gasteiger charge is 2.41. The van der Waals surface area contributed by atoms with Crippen molar-refractivity contribution < 1.29 is 9.18 Å². The highest BCUT2D eigenvalue weighted by atomic mass is 19.1. The van der Waals surface area contributed by atoms with E-state index in [4.69, 9.17) is 10.7 Å². The van der Waals surface area contributed by atoms with Crippen molar-refractivity contribution in [3.63, 3.8) is 0 Å². The highest BCUT2D eigenvalue weighted by Crippen LogP contribution is 2.39. The molecule has 0 radical (unpaired) electrons. The van der Waals surface area contributed by atoms with E-state index in [1.165, 1.54) is 17.8 Å². The van der Waals surface area contributed by atoms with E-state index in [0.29, 0.717) is 13.1 Å². The van der Waals surface area contributed by atoms with Crippen LogP contribution in [0.25, 0.3) is 11.3 Å². The fourth-order valence-corrected chi connectivity index (χ4v) is 5.18. The Bertz CT molecular complexity index is 1230. The smallest absolute Gasteiger partial charge is 0.237 e. The molecule has 8 nitrogen and oxygen atoms in total. The van der Waals surface area contributed by atoms with E-state index in [2.05, 4.69) is 51.0 Å². The topological polar surface area (TPSA) is 82.7 Å². The molecule has 0 unspecified atom stereocenters. The van der Waals surface area contributed by atoms with Gasteiger partial charge in [-0.25, -0.2) is 9.37 Å². The third-order valence-electron chi connectivity index (χ3n) is 7.33. The lowest BCUT2D eigenvalue weighted by atomic mass is 9.99. The van der Waals surface area contributed by atoms with E-state index in [1.54, 1.807) is 17.0 Å². The average Bonchev–Trinajstić information content (AvgIpc) is 3.24. The minimum absolute atomic E-state index is 0.0419. The number of carbonyl (C=O) groups excluding carboxylic acids is 1. The quantitative estimate of drug-likeness (QED) is 0.570. The molecule has 0 saturated carbocycles. The Morgan fingerprint density at radius 3 is 2.31 bits per heavy atom. The maximum atomic E-state index is 13.7. The van der Waals surface area contributed by atoms with Crippen LogP contribution >= 0.6 is 0 Å². The second-order valence-electron chi connectivity index (χ2n) is 10.1. The molecule has 1 fully saturated rings. The van der Waals surface area contributed by atoms with Gasteiger partial charge < -0.3 is 30.3 Å². The maximum Gasteiger partial charge on any atom is 0.237 e. The monoisotopic (exact) mass is 491 g/mol. The van der Waals surface area contributed by atoms with Crippen LogP contribution in [-0.4, -0.2) is 71.6 Å². The lowest BCUT2D eigenvalue weighted by Crippen LogP contribution is -2.53. The summed E-state index contributed by atoms with van der Waals surface area (Å²) in [6.45, 7) is 9.20. The van der Waals surface area contributed by atoms with Crippen LogP contribution in [0.15, 0.2) is 48.5 Å². The molecule has 0 atom stereocenters. The summed E-state index contributed by atoms with van der Waals surface area (Å²) in [5.41, 5.74) is 8.73. The van der Waals surface area contributed by atoms with Crippen LogP contribution < -0.4 is 16.0 Å². The summed E-state index contributed by atoms with van der Waals surface area (Å²) in [5, 5.41) is 3.58. The van der Waals surface area contributed by atoms with Crippen molar-refractivity contribution in [2.75, 3.05) is 56.5 Å². The number of nitrogens with one attached hydrogen (secondary N) is 1. The molecule has 3 heterocycles. The van der Waals surface area contributed by atoms with E-state index in [-0.39, 0.29) is 18.3 Å². The Labute approximate surface area is 211 Å². The number of hydrogen-bond donors (Lipinski definition) is 2. The number of amides is 1. The molecule has 1 amide bonds. The van der Waals surface area contributed by atoms with E-state index in [1.807, 2.05) is 13.8 Å². The largest absolute Gasteiger partial charge is 0.369 e. The van der Waals surface area contributed by atoms with Crippen molar-refractivity contribution >= 4 is 23.1 Å². The van der Waals surface area contributed by atoms with Gasteiger partial charge in [-0.3, -0.25) is 4.79 Å². The summed E-state index contributed by atoms with van der Waals surface area (Å²) in [5.74, 6) is 1.20. The zero-order valence-corrected chi connectivity index (χ0v) is 21.2. The number of imidazole rings is 1. The van der Waals surface area contributed by atoms with Crippen LogP contribution in [0, 0.1) is 5.82 Å². The van der Waals surface area contributed by atoms with Crippen LogP contribution in [0.2, 0.25) is 0 Å². The second kappa shape index (κ2) is 9.55. The fourth-order valence-electron chi connectivity index (χ4n) is 5.18. The number of hydrogen-bond acceptors (Lipinski definition) is 6. The molecule has 2 aromatic carbocycles. The number of fused-ring (bicyclic) bond motifs is 1. The molecule has 2 aliphatic heterocycles. The van der Waals surface area contributed by atoms with Gasteiger partial charge in [-0.1, -0.05) is 0 Å².